The molecule has 5 nitrogen and oxygen atoms in total. The molecule has 0 aromatic rings. The Labute approximate surface area is 70.4 Å². The molecule has 1 heterocycles. The van der Waals surface area contributed by atoms with Crippen LogP contribution in [0.25, 0.3) is 0 Å². The van der Waals surface area contributed by atoms with Gasteiger partial charge in [-0.1, -0.05) is 0 Å². The third-order valence-corrected chi connectivity index (χ3v) is 1.56. The van der Waals surface area contributed by atoms with Gasteiger partial charge in [0, 0.05) is 26.9 Å². The number of amides is 2. The molecule has 1 N–H and O–H groups in total. The number of hydrazone groups is 1. The summed E-state index contributed by atoms with van der Waals surface area (Å²) in [7, 11) is 3.31. The van der Waals surface area contributed by atoms with Gasteiger partial charge in [-0.05, 0) is 0 Å². The van der Waals surface area contributed by atoms with Crippen LogP contribution in [0.3, 0.4) is 0 Å². The van der Waals surface area contributed by atoms with Crippen molar-refractivity contribution in [3.8, 4) is 0 Å². The minimum Gasteiger partial charge on any atom is -0.344 e. The third-order valence-electron chi connectivity index (χ3n) is 1.56. The standard InChI is InChI=1S/C7H11N3O2/c1-10(2)7(12)5-3-4-6(11)9-8-5/h3-4H2,1-2H3,(H,9,11). The lowest BCUT2D eigenvalue weighted by Crippen LogP contribution is -2.36. The largest absolute Gasteiger partial charge is 0.344 e. The van der Waals surface area contributed by atoms with Crippen LogP contribution in [0.15, 0.2) is 5.10 Å². The predicted molar refractivity (Wildman–Crippen MR) is 43.5 cm³/mol. The Morgan fingerprint density at radius 2 is 2.17 bits per heavy atom. The van der Waals surface area contributed by atoms with Crippen LogP contribution < -0.4 is 5.43 Å². The zero-order valence-corrected chi connectivity index (χ0v) is 7.13. The molecule has 66 valence electrons. The maximum atomic E-state index is 11.2. The van der Waals surface area contributed by atoms with Gasteiger partial charge in [-0.2, -0.15) is 5.10 Å². The van der Waals surface area contributed by atoms with E-state index in [9.17, 15) is 9.59 Å². The molecule has 0 unspecified atom stereocenters. The van der Waals surface area contributed by atoms with Gasteiger partial charge in [-0.15, -0.1) is 0 Å². The molecule has 0 atom stereocenters. The van der Waals surface area contributed by atoms with Gasteiger partial charge < -0.3 is 4.90 Å². The van der Waals surface area contributed by atoms with Gasteiger partial charge in [-0.3, -0.25) is 9.59 Å². The third kappa shape index (κ3) is 1.81. The highest BCUT2D eigenvalue weighted by molar-refractivity contribution is 6.39. The van der Waals surface area contributed by atoms with Gasteiger partial charge in [0.05, 0.1) is 0 Å². The lowest BCUT2D eigenvalue weighted by atomic mass is 10.1. The van der Waals surface area contributed by atoms with Crippen molar-refractivity contribution in [1.82, 2.24) is 10.3 Å². The smallest absolute Gasteiger partial charge is 0.269 e. The first kappa shape index (κ1) is 8.70. The van der Waals surface area contributed by atoms with Crippen molar-refractivity contribution < 1.29 is 9.59 Å². The highest BCUT2D eigenvalue weighted by atomic mass is 16.2. The number of nitrogens with zero attached hydrogens (tertiary/aromatic N) is 2. The van der Waals surface area contributed by atoms with Crippen molar-refractivity contribution in [2.24, 2.45) is 5.10 Å². The number of carbonyl (C=O) groups excluding carboxylic acids is 2. The van der Waals surface area contributed by atoms with Gasteiger partial charge in [0.1, 0.15) is 5.71 Å². The molecular formula is C7H11N3O2. The Kier molecular flexibility index (Phi) is 2.42. The minimum atomic E-state index is -0.144. The summed E-state index contributed by atoms with van der Waals surface area (Å²) in [5, 5.41) is 3.66. The minimum absolute atomic E-state index is 0.134. The molecule has 1 aliphatic heterocycles. The Balaban J connectivity index is 2.65. The van der Waals surface area contributed by atoms with Crippen molar-refractivity contribution >= 4 is 17.5 Å². The van der Waals surface area contributed by atoms with Crippen molar-refractivity contribution in [1.29, 1.82) is 0 Å². The van der Waals surface area contributed by atoms with Crippen LogP contribution in [0.1, 0.15) is 12.8 Å². The molecule has 0 aromatic carbocycles. The fourth-order valence-corrected chi connectivity index (χ4v) is 0.886. The molecular weight excluding hydrogens is 158 g/mol. The normalized spacial score (nSPS) is 16.5. The number of rotatable bonds is 1. The summed E-state index contributed by atoms with van der Waals surface area (Å²) in [5.41, 5.74) is 2.69. The van der Waals surface area contributed by atoms with E-state index < -0.39 is 0 Å². The number of nitrogens with one attached hydrogen (secondary N) is 1. The summed E-state index contributed by atoms with van der Waals surface area (Å²) in [5.74, 6) is -0.277. The predicted octanol–water partition coefficient (Wildman–Crippen LogP) is -0.659. The Bertz CT molecular complexity index is 245. The molecule has 0 aliphatic carbocycles. The van der Waals surface area contributed by atoms with Gasteiger partial charge in [0.2, 0.25) is 5.91 Å². The molecule has 1 aliphatic rings. The van der Waals surface area contributed by atoms with E-state index in [2.05, 4.69) is 10.5 Å². The van der Waals surface area contributed by atoms with E-state index in [4.69, 9.17) is 0 Å². The van der Waals surface area contributed by atoms with Crippen molar-refractivity contribution in [2.75, 3.05) is 14.1 Å². The Hall–Kier alpha value is -1.39. The van der Waals surface area contributed by atoms with E-state index in [1.807, 2.05) is 0 Å². The summed E-state index contributed by atoms with van der Waals surface area (Å²) < 4.78 is 0. The fraction of sp³-hybridized carbons (Fsp3) is 0.571. The van der Waals surface area contributed by atoms with Gasteiger partial charge in [0.25, 0.3) is 5.91 Å². The number of hydrogen-bond donors (Lipinski definition) is 1. The second-order valence-electron chi connectivity index (χ2n) is 2.79. The van der Waals surface area contributed by atoms with Gasteiger partial charge in [0.15, 0.2) is 0 Å². The fourth-order valence-electron chi connectivity index (χ4n) is 0.886. The van der Waals surface area contributed by atoms with Crippen LogP contribution >= 0.6 is 0 Å². The van der Waals surface area contributed by atoms with Crippen LogP contribution in [0, 0.1) is 0 Å². The summed E-state index contributed by atoms with van der Waals surface area (Å²) in [6, 6.07) is 0. The van der Waals surface area contributed by atoms with E-state index in [0.29, 0.717) is 18.6 Å². The van der Waals surface area contributed by atoms with E-state index in [0.717, 1.165) is 0 Å². The average molecular weight is 169 g/mol. The van der Waals surface area contributed by atoms with Crippen LogP contribution in [-0.4, -0.2) is 36.5 Å². The highest BCUT2D eigenvalue weighted by Crippen LogP contribution is 2.01. The molecule has 0 spiro atoms. The van der Waals surface area contributed by atoms with Gasteiger partial charge in [-0.25, -0.2) is 5.43 Å². The van der Waals surface area contributed by atoms with Gasteiger partial charge >= 0.3 is 0 Å². The molecule has 2 amide bonds. The monoisotopic (exact) mass is 169 g/mol. The first-order valence-electron chi connectivity index (χ1n) is 3.68. The molecule has 0 radical (unpaired) electrons. The van der Waals surface area contributed by atoms with E-state index >= 15 is 0 Å². The van der Waals surface area contributed by atoms with Crippen molar-refractivity contribution in [3.05, 3.63) is 0 Å². The van der Waals surface area contributed by atoms with E-state index in [1.54, 1.807) is 14.1 Å². The first-order chi connectivity index (χ1) is 5.61. The first-order valence-corrected chi connectivity index (χ1v) is 3.68. The van der Waals surface area contributed by atoms with E-state index in [-0.39, 0.29) is 11.8 Å². The molecule has 0 aromatic heterocycles. The van der Waals surface area contributed by atoms with Crippen LogP contribution in [-0.2, 0) is 9.59 Å². The summed E-state index contributed by atoms with van der Waals surface area (Å²) in [6.45, 7) is 0. The van der Waals surface area contributed by atoms with Crippen LogP contribution in [0.4, 0.5) is 0 Å². The molecule has 1 rings (SSSR count). The zero-order valence-electron chi connectivity index (χ0n) is 7.13. The molecule has 12 heavy (non-hydrogen) atoms. The van der Waals surface area contributed by atoms with E-state index in [1.165, 1.54) is 4.90 Å². The summed E-state index contributed by atoms with van der Waals surface area (Å²) >= 11 is 0. The number of carbonyl (C=O) groups is 2. The zero-order chi connectivity index (χ0) is 9.14. The Morgan fingerprint density at radius 1 is 1.50 bits per heavy atom. The average Bonchev–Trinajstić information content (AvgIpc) is 2.04. The van der Waals surface area contributed by atoms with Crippen molar-refractivity contribution in [2.45, 2.75) is 12.8 Å². The van der Waals surface area contributed by atoms with Crippen molar-refractivity contribution in [3.63, 3.8) is 0 Å². The molecule has 0 saturated heterocycles. The number of hydrogen-bond acceptors (Lipinski definition) is 3. The molecule has 5 heteroatoms. The quantitative estimate of drug-likeness (QED) is 0.566. The lowest BCUT2D eigenvalue weighted by Gasteiger charge is -2.14. The topological polar surface area (TPSA) is 61.8 Å². The van der Waals surface area contributed by atoms with Crippen LogP contribution in [0.5, 0.6) is 0 Å². The lowest BCUT2D eigenvalue weighted by molar-refractivity contribution is -0.122. The summed E-state index contributed by atoms with van der Waals surface area (Å²) in [6.07, 6.45) is 0.779. The Morgan fingerprint density at radius 3 is 2.58 bits per heavy atom. The molecule has 0 bridgehead atoms. The highest BCUT2D eigenvalue weighted by Gasteiger charge is 2.18. The maximum absolute atomic E-state index is 11.2. The molecule has 0 fully saturated rings. The second kappa shape index (κ2) is 3.34. The SMILES string of the molecule is CN(C)C(=O)C1=NNC(=O)CC1. The molecule has 0 saturated carbocycles. The second-order valence-corrected chi connectivity index (χ2v) is 2.79. The summed E-state index contributed by atoms with van der Waals surface area (Å²) in [4.78, 5) is 23.3. The maximum Gasteiger partial charge on any atom is 0.269 e. The van der Waals surface area contributed by atoms with Crippen LogP contribution in [0.2, 0.25) is 0 Å².